The third-order valence-electron chi connectivity index (χ3n) is 4.48. The number of carboxylic acids is 1. The predicted octanol–water partition coefficient (Wildman–Crippen LogP) is 1.25. The van der Waals surface area contributed by atoms with Crippen molar-refractivity contribution in [2.45, 2.75) is 6.42 Å². The minimum absolute atomic E-state index is 0.0176. The molecule has 6 nitrogen and oxygen atoms in total. The van der Waals surface area contributed by atoms with Gasteiger partial charge < -0.3 is 16.2 Å². The molecule has 114 valence electrons. The molecule has 22 heavy (non-hydrogen) atoms. The zero-order valence-electron chi connectivity index (χ0n) is 11.7. The number of aliphatic carboxylic acids is 1. The van der Waals surface area contributed by atoms with Crippen molar-refractivity contribution in [2.24, 2.45) is 29.4 Å². The fraction of sp³-hybridized carbons (Fsp3) is 0.312. The number of fused-ring (bicyclic) bond motifs is 2. The van der Waals surface area contributed by atoms with E-state index in [1.807, 2.05) is 12.2 Å². The van der Waals surface area contributed by atoms with Crippen LogP contribution in [0, 0.1) is 23.7 Å². The normalized spacial score (nSPS) is 28.5. The largest absolute Gasteiger partial charge is 0.481 e. The van der Waals surface area contributed by atoms with Gasteiger partial charge >= 0.3 is 5.97 Å². The van der Waals surface area contributed by atoms with E-state index in [0.717, 1.165) is 6.42 Å². The minimum Gasteiger partial charge on any atom is -0.481 e. The molecule has 0 aromatic heterocycles. The Bertz CT molecular complexity index is 665. The lowest BCUT2D eigenvalue weighted by atomic mass is 9.82. The molecule has 1 fully saturated rings. The van der Waals surface area contributed by atoms with Crippen LogP contribution in [0.25, 0.3) is 0 Å². The van der Waals surface area contributed by atoms with Crippen LogP contribution in [0.5, 0.6) is 0 Å². The Hall–Kier alpha value is -2.63. The lowest BCUT2D eigenvalue weighted by molar-refractivity contribution is -0.146. The quantitative estimate of drug-likeness (QED) is 0.727. The summed E-state index contributed by atoms with van der Waals surface area (Å²) in [6.07, 6.45) is 4.55. The van der Waals surface area contributed by atoms with E-state index >= 15 is 0 Å². The van der Waals surface area contributed by atoms with Crippen molar-refractivity contribution >= 4 is 23.5 Å². The number of carboxylic acid groups (broad SMARTS) is 1. The van der Waals surface area contributed by atoms with Crippen LogP contribution < -0.4 is 11.1 Å². The number of carbonyl (C=O) groups excluding carboxylic acids is 2. The third-order valence-corrected chi connectivity index (χ3v) is 4.48. The monoisotopic (exact) mass is 300 g/mol. The molecule has 0 unspecified atom stereocenters. The van der Waals surface area contributed by atoms with Gasteiger partial charge in [0.05, 0.1) is 11.8 Å². The Balaban J connectivity index is 1.75. The van der Waals surface area contributed by atoms with Gasteiger partial charge in [0, 0.05) is 11.3 Å². The molecule has 2 aliphatic carbocycles. The number of rotatable bonds is 4. The summed E-state index contributed by atoms with van der Waals surface area (Å²) in [6, 6.07) is 6.20. The molecule has 3 rings (SSSR count). The highest BCUT2D eigenvalue weighted by Crippen LogP contribution is 2.48. The highest BCUT2D eigenvalue weighted by molar-refractivity contribution is 5.97. The average Bonchev–Trinajstić information content (AvgIpc) is 3.08. The molecule has 4 N–H and O–H groups in total. The number of primary amides is 1. The molecule has 0 aliphatic heterocycles. The van der Waals surface area contributed by atoms with Gasteiger partial charge in [-0.1, -0.05) is 12.2 Å². The van der Waals surface area contributed by atoms with Gasteiger partial charge in [-0.15, -0.1) is 0 Å². The Morgan fingerprint density at radius 2 is 1.64 bits per heavy atom. The second kappa shape index (κ2) is 5.29. The van der Waals surface area contributed by atoms with Gasteiger partial charge in [0.1, 0.15) is 0 Å². The van der Waals surface area contributed by atoms with Crippen molar-refractivity contribution in [3.8, 4) is 0 Å². The van der Waals surface area contributed by atoms with Gasteiger partial charge in [-0.25, -0.2) is 0 Å². The Morgan fingerprint density at radius 3 is 2.18 bits per heavy atom. The molecular formula is C16H16N2O4. The zero-order chi connectivity index (χ0) is 15.9. The van der Waals surface area contributed by atoms with Gasteiger partial charge in [-0.3, -0.25) is 14.4 Å². The summed E-state index contributed by atoms with van der Waals surface area (Å²) < 4.78 is 0. The summed E-state index contributed by atoms with van der Waals surface area (Å²) in [6.45, 7) is 0. The van der Waals surface area contributed by atoms with Crippen LogP contribution in [0.4, 0.5) is 5.69 Å². The van der Waals surface area contributed by atoms with Crippen molar-refractivity contribution in [3.05, 3.63) is 42.0 Å². The number of hydrogen-bond donors (Lipinski definition) is 3. The highest BCUT2D eigenvalue weighted by Gasteiger charge is 2.51. The SMILES string of the molecule is NC(=O)c1ccc(NC(=O)[C@@H]2[C@@H](C(=O)O)[C@H]3C=C[C@@H]2C3)cc1. The standard InChI is InChI=1S/C16H16N2O4/c17-14(19)8-3-5-11(6-4-8)18-15(20)12-9-1-2-10(7-9)13(12)16(21)22/h1-6,9-10,12-13H,7H2,(H2,17,19)(H,18,20)(H,21,22)/t9-,10+,12+,13+/m1/s1. The van der Waals surface area contributed by atoms with Crippen LogP contribution in [0.2, 0.25) is 0 Å². The fourth-order valence-corrected chi connectivity index (χ4v) is 3.46. The number of hydrogen-bond acceptors (Lipinski definition) is 3. The van der Waals surface area contributed by atoms with Crippen LogP contribution in [-0.2, 0) is 9.59 Å². The first-order valence-corrected chi connectivity index (χ1v) is 7.09. The zero-order valence-corrected chi connectivity index (χ0v) is 11.7. The van der Waals surface area contributed by atoms with Crippen LogP contribution in [0.3, 0.4) is 0 Å². The summed E-state index contributed by atoms with van der Waals surface area (Å²) in [7, 11) is 0. The molecule has 0 heterocycles. The molecule has 2 amide bonds. The molecule has 2 aliphatic rings. The number of nitrogens with two attached hydrogens (primary N) is 1. The molecule has 1 saturated carbocycles. The topological polar surface area (TPSA) is 109 Å². The summed E-state index contributed by atoms with van der Waals surface area (Å²) in [5.74, 6) is -3.06. The molecule has 6 heteroatoms. The Morgan fingerprint density at radius 1 is 1.05 bits per heavy atom. The Kier molecular flexibility index (Phi) is 3.44. The first-order valence-electron chi connectivity index (χ1n) is 7.09. The predicted molar refractivity (Wildman–Crippen MR) is 78.9 cm³/mol. The number of nitrogens with one attached hydrogen (secondary N) is 1. The molecular weight excluding hydrogens is 284 g/mol. The molecule has 0 spiro atoms. The lowest BCUT2D eigenvalue weighted by Gasteiger charge is -2.23. The number of benzene rings is 1. The summed E-state index contributed by atoms with van der Waals surface area (Å²) >= 11 is 0. The van der Waals surface area contributed by atoms with Crippen LogP contribution in [-0.4, -0.2) is 22.9 Å². The van der Waals surface area contributed by atoms with Gasteiger partial charge in [0.15, 0.2) is 0 Å². The van der Waals surface area contributed by atoms with Gasteiger partial charge in [0.25, 0.3) is 0 Å². The molecule has 1 aromatic carbocycles. The van der Waals surface area contributed by atoms with Crippen LogP contribution >= 0.6 is 0 Å². The van der Waals surface area contributed by atoms with E-state index in [1.165, 1.54) is 12.1 Å². The molecule has 2 bridgehead atoms. The van der Waals surface area contributed by atoms with Gasteiger partial charge in [-0.05, 0) is 42.5 Å². The van der Waals surface area contributed by atoms with Gasteiger partial charge in [-0.2, -0.15) is 0 Å². The maximum atomic E-state index is 12.4. The molecule has 4 atom stereocenters. The summed E-state index contributed by atoms with van der Waals surface area (Å²) in [4.78, 5) is 34.9. The molecule has 1 aromatic rings. The van der Waals surface area contributed by atoms with Crippen molar-refractivity contribution in [3.63, 3.8) is 0 Å². The van der Waals surface area contributed by atoms with Crippen LogP contribution in [0.1, 0.15) is 16.8 Å². The first kappa shape index (κ1) is 14.3. The minimum atomic E-state index is -0.930. The fourth-order valence-electron chi connectivity index (χ4n) is 3.46. The van der Waals surface area contributed by atoms with E-state index in [0.29, 0.717) is 11.3 Å². The van der Waals surface area contributed by atoms with Crippen molar-refractivity contribution in [1.82, 2.24) is 0 Å². The van der Waals surface area contributed by atoms with E-state index < -0.39 is 23.7 Å². The van der Waals surface area contributed by atoms with Crippen molar-refractivity contribution in [2.75, 3.05) is 5.32 Å². The summed E-state index contributed by atoms with van der Waals surface area (Å²) in [5, 5.41) is 12.1. The van der Waals surface area contributed by atoms with Crippen molar-refractivity contribution < 1.29 is 19.5 Å². The molecule has 0 radical (unpaired) electrons. The van der Waals surface area contributed by atoms with Crippen LogP contribution in [0.15, 0.2) is 36.4 Å². The second-order valence-electron chi connectivity index (χ2n) is 5.77. The molecule has 0 saturated heterocycles. The maximum absolute atomic E-state index is 12.4. The van der Waals surface area contributed by atoms with E-state index in [9.17, 15) is 19.5 Å². The van der Waals surface area contributed by atoms with E-state index in [4.69, 9.17) is 5.73 Å². The summed E-state index contributed by atoms with van der Waals surface area (Å²) in [5.41, 5.74) is 6.03. The number of amides is 2. The smallest absolute Gasteiger partial charge is 0.307 e. The Labute approximate surface area is 127 Å². The second-order valence-corrected chi connectivity index (χ2v) is 5.77. The van der Waals surface area contributed by atoms with Gasteiger partial charge in [0.2, 0.25) is 11.8 Å². The highest BCUT2D eigenvalue weighted by atomic mass is 16.4. The third kappa shape index (κ3) is 2.36. The number of carbonyl (C=O) groups is 3. The first-order chi connectivity index (χ1) is 10.5. The van der Waals surface area contributed by atoms with E-state index in [1.54, 1.807) is 12.1 Å². The van der Waals surface area contributed by atoms with E-state index in [2.05, 4.69) is 5.32 Å². The van der Waals surface area contributed by atoms with Crippen molar-refractivity contribution in [1.29, 1.82) is 0 Å². The lowest BCUT2D eigenvalue weighted by Crippen LogP contribution is -2.36. The number of anilines is 1. The maximum Gasteiger partial charge on any atom is 0.307 e. The average molecular weight is 300 g/mol. The van der Waals surface area contributed by atoms with E-state index in [-0.39, 0.29) is 17.7 Å². The number of allylic oxidation sites excluding steroid dienone is 2.